The summed E-state index contributed by atoms with van der Waals surface area (Å²) in [7, 11) is 0. The van der Waals surface area contributed by atoms with E-state index in [1.807, 2.05) is 0 Å². The number of hydrogen-bond donors (Lipinski definition) is 1. The molecule has 1 unspecified atom stereocenters. The zero-order valence-electron chi connectivity index (χ0n) is 21.6. The molecule has 0 heterocycles. The Morgan fingerprint density at radius 2 is 0.871 bits per heavy atom. The second-order valence-electron chi connectivity index (χ2n) is 9.71. The lowest BCUT2D eigenvalue weighted by Gasteiger charge is -2.28. The summed E-state index contributed by atoms with van der Waals surface area (Å²) < 4.78 is 0. The molecule has 0 aliphatic rings. The number of aliphatic hydroxyl groups excluding tert-OH is 1. The summed E-state index contributed by atoms with van der Waals surface area (Å²) in [5.74, 6) is 0.113. The van der Waals surface area contributed by atoms with E-state index in [0.29, 0.717) is 0 Å². The van der Waals surface area contributed by atoms with Crippen molar-refractivity contribution in [2.24, 2.45) is 0 Å². The van der Waals surface area contributed by atoms with Crippen molar-refractivity contribution in [3.63, 3.8) is 0 Å². The van der Waals surface area contributed by atoms with Gasteiger partial charge >= 0.3 is 0 Å². The van der Waals surface area contributed by atoms with Gasteiger partial charge in [-0.2, -0.15) is 0 Å². The lowest BCUT2D eigenvalue weighted by molar-refractivity contribution is -0.123. The Bertz CT molecular complexity index is 348. The number of ketones is 1. The van der Waals surface area contributed by atoms with Gasteiger partial charge in [0.25, 0.3) is 0 Å². The third kappa shape index (κ3) is 20.0. The molecule has 0 saturated carbocycles. The van der Waals surface area contributed by atoms with E-state index in [2.05, 4.69) is 18.7 Å². The van der Waals surface area contributed by atoms with Crippen LogP contribution < -0.4 is 0 Å². The van der Waals surface area contributed by atoms with Gasteiger partial charge in [0.05, 0.1) is 12.6 Å². The van der Waals surface area contributed by atoms with Gasteiger partial charge in [-0.15, -0.1) is 0 Å². The lowest BCUT2D eigenvalue weighted by Crippen LogP contribution is -2.44. The third-order valence-electron chi connectivity index (χ3n) is 6.68. The van der Waals surface area contributed by atoms with Crippen molar-refractivity contribution >= 4 is 5.78 Å². The molecular weight excluding hydrogens is 382 g/mol. The van der Waals surface area contributed by atoms with Crippen molar-refractivity contribution < 1.29 is 9.90 Å². The van der Waals surface area contributed by atoms with Crippen molar-refractivity contribution in [3.05, 3.63) is 0 Å². The van der Waals surface area contributed by atoms with Crippen LogP contribution in [0.4, 0.5) is 0 Å². The lowest BCUT2D eigenvalue weighted by atomic mass is 10.0. The molecule has 0 aliphatic carbocycles. The maximum Gasteiger partial charge on any atom is 0.149 e. The SMILES string of the molecule is CCCCCCCCCCCCN(CCCCCCCCCCCC)C(CO)C(C)=O. The van der Waals surface area contributed by atoms with Gasteiger partial charge < -0.3 is 5.11 Å². The standard InChI is InChI=1S/C28H57NO2/c1-4-6-8-10-12-14-16-18-20-22-24-29(28(26-30)27(3)31)25-23-21-19-17-15-13-11-9-7-5-2/h28,30H,4-26H2,1-3H3. The molecule has 0 aromatic heterocycles. The van der Waals surface area contributed by atoms with E-state index in [0.717, 1.165) is 25.9 Å². The van der Waals surface area contributed by atoms with Crippen LogP contribution in [-0.4, -0.2) is 41.5 Å². The maximum absolute atomic E-state index is 12.0. The number of aliphatic hydroxyl groups is 1. The summed E-state index contributed by atoms with van der Waals surface area (Å²) in [6.07, 6.45) is 26.7. The minimum absolute atomic E-state index is 0.0369. The monoisotopic (exact) mass is 439 g/mol. The van der Waals surface area contributed by atoms with Gasteiger partial charge in [-0.05, 0) is 32.9 Å². The first-order valence-corrected chi connectivity index (χ1v) is 14.0. The molecule has 0 radical (unpaired) electrons. The van der Waals surface area contributed by atoms with Crippen molar-refractivity contribution in [2.45, 2.75) is 155 Å². The molecule has 3 heteroatoms. The van der Waals surface area contributed by atoms with Crippen LogP contribution in [0.3, 0.4) is 0 Å². The zero-order valence-corrected chi connectivity index (χ0v) is 21.6. The first-order valence-electron chi connectivity index (χ1n) is 14.0. The Labute approximate surface area is 195 Å². The second-order valence-corrected chi connectivity index (χ2v) is 9.71. The largest absolute Gasteiger partial charge is 0.394 e. The van der Waals surface area contributed by atoms with Gasteiger partial charge in [0, 0.05) is 0 Å². The van der Waals surface area contributed by atoms with E-state index in [1.54, 1.807) is 6.92 Å². The molecule has 1 atom stereocenters. The summed E-state index contributed by atoms with van der Waals surface area (Å²) in [6, 6.07) is -0.294. The van der Waals surface area contributed by atoms with Crippen LogP contribution in [0.2, 0.25) is 0 Å². The Kier molecular flexibility index (Phi) is 23.9. The van der Waals surface area contributed by atoms with Gasteiger partial charge in [-0.25, -0.2) is 0 Å². The van der Waals surface area contributed by atoms with Gasteiger partial charge in [0.15, 0.2) is 0 Å². The Morgan fingerprint density at radius 1 is 0.581 bits per heavy atom. The molecule has 0 amide bonds. The van der Waals surface area contributed by atoms with E-state index < -0.39 is 0 Å². The van der Waals surface area contributed by atoms with E-state index in [1.165, 1.54) is 116 Å². The number of rotatable bonds is 25. The number of unbranched alkanes of at least 4 members (excludes halogenated alkanes) is 18. The molecule has 0 aliphatic heterocycles. The van der Waals surface area contributed by atoms with E-state index >= 15 is 0 Å². The molecule has 0 spiro atoms. The molecule has 186 valence electrons. The molecule has 0 rings (SSSR count). The predicted molar refractivity (Wildman–Crippen MR) is 137 cm³/mol. The van der Waals surface area contributed by atoms with E-state index in [9.17, 15) is 9.90 Å². The highest BCUT2D eigenvalue weighted by atomic mass is 16.3. The van der Waals surface area contributed by atoms with Crippen molar-refractivity contribution in [2.75, 3.05) is 19.7 Å². The number of Topliss-reactive ketones (excluding diaryl/α,β-unsaturated/α-hetero) is 1. The topological polar surface area (TPSA) is 40.5 Å². The molecule has 0 bridgehead atoms. The smallest absolute Gasteiger partial charge is 0.149 e. The quantitative estimate of drug-likeness (QED) is 0.146. The highest BCUT2D eigenvalue weighted by Crippen LogP contribution is 2.14. The molecule has 1 N–H and O–H groups in total. The van der Waals surface area contributed by atoms with Crippen LogP contribution in [0.5, 0.6) is 0 Å². The van der Waals surface area contributed by atoms with Gasteiger partial charge in [-0.3, -0.25) is 9.69 Å². The Hall–Kier alpha value is -0.410. The highest BCUT2D eigenvalue weighted by molar-refractivity contribution is 5.81. The molecule has 31 heavy (non-hydrogen) atoms. The normalized spacial score (nSPS) is 12.5. The molecule has 0 fully saturated rings. The van der Waals surface area contributed by atoms with E-state index in [4.69, 9.17) is 0 Å². The Balaban J connectivity index is 3.88. The van der Waals surface area contributed by atoms with Gasteiger partial charge in [-0.1, -0.05) is 129 Å². The molecule has 0 aromatic rings. The summed E-state index contributed by atoms with van der Waals surface area (Å²) in [5, 5.41) is 9.73. The van der Waals surface area contributed by atoms with Crippen molar-refractivity contribution in [3.8, 4) is 0 Å². The number of carbonyl (C=O) groups excluding carboxylic acids is 1. The fourth-order valence-electron chi connectivity index (χ4n) is 4.53. The molecule has 3 nitrogen and oxygen atoms in total. The fraction of sp³-hybridized carbons (Fsp3) is 0.964. The van der Waals surface area contributed by atoms with Crippen LogP contribution in [-0.2, 0) is 4.79 Å². The van der Waals surface area contributed by atoms with Crippen molar-refractivity contribution in [1.29, 1.82) is 0 Å². The van der Waals surface area contributed by atoms with Crippen LogP contribution >= 0.6 is 0 Å². The summed E-state index contributed by atoms with van der Waals surface area (Å²) >= 11 is 0. The first kappa shape index (κ1) is 30.6. The number of carbonyl (C=O) groups is 1. The van der Waals surface area contributed by atoms with E-state index in [-0.39, 0.29) is 18.4 Å². The van der Waals surface area contributed by atoms with Crippen LogP contribution in [0.15, 0.2) is 0 Å². The first-order chi connectivity index (χ1) is 15.2. The average molecular weight is 440 g/mol. The minimum atomic E-state index is -0.294. The van der Waals surface area contributed by atoms with Gasteiger partial charge in [0.1, 0.15) is 5.78 Å². The number of hydrogen-bond acceptors (Lipinski definition) is 3. The van der Waals surface area contributed by atoms with Crippen LogP contribution in [0.25, 0.3) is 0 Å². The molecular formula is C28H57NO2. The van der Waals surface area contributed by atoms with Crippen LogP contribution in [0.1, 0.15) is 149 Å². The third-order valence-corrected chi connectivity index (χ3v) is 6.68. The average Bonchev–Trinajstić information content (AvgIpc) is 2.76. The van der Waals surface area contributed by atoms with Crippen molar-refractivity contribution in [1.82, 2.24) is 4.90 Å². The zero-order chi connectivity index (χ0) is 23.0. The molecule has 0 saturated heterocycles. The fourth-order valence-corrected chi connectivity index (χ4v) is 4.53. The second kappa shape index (κ2) is 24.2. The number of nitrogens with zero attached hydrogens (tertiary/aromatic N) is 1. The van der Waals surface area contributed by atoms with Gasteiger partial charge in [0.2, 0.25) is 0 Å². The maximum atomic E-state index is 12.0. The van der Waals surface area contributed by atoms with Crippen LogP contribution in [0, 0.1) is 0 Å². The summed E-state index contributed by atoms with van der Waals surface area (Å²) in [6.45, 7) is 8.05. The highest BCUT2D eigenvalue weighted by Gasteiger charge is 2.21. The molecule has 0 aromatic carbocycles. The Morgan fingerprint density at radius 3 is 1.13 bits per heavy atom. The summed E-state index contributed by atoms with van der Waals surface area (Å²) in [5.41, 5.74) is 0. The minimum Gasteiger partial charge on any atom is -0.394 e. The predicted octanol–water partition coefficient (Wildman–Crippen LogP) is 8.08. The summed E-state index contributed by atoms with van der Waals surface area (Å²) in [4.78, 5) is 14.2.